The quantitative estimate of drug-likeness (QED) is 0.645. The SMILES string of the molecule is CCOc1ccccc1NC(=O)c1sc2nc(C)nc(N3CCCCC3)c2c1C. The van der Waals surface area contributed by atoms with Crippen molar-refractivity contribution in [2.45, 2.75) is 40.0 Å². The first-order valence-corrected chi connectivity index (χ1v) is 11.0. The van der Waals surface area contributed by atoms with Crippen LogP contribution in [0.4, 0.5) is 11.5 Å². The van der Waals surface area contributed by atoms with E-state index in [1.54, 1.807) is 0 Å². The highest BCUT2D eigenvalue weighted by molar-refractivity contribution is 7.20. The fourth-order valence-corrected chi connectivity index (χ4v) is 4.92. The predicted octanol–water partition coefficient (Wildman–Crippen LogP) is 4.95. The summed E-state index contributed by atoms with van der Waals surface area (Å²) in [6.07, 6.45) is 3.61. The number of aromatic nitrogens is 2. The van der Waals surface area contributed by atoms with Crippen LogP contribution in [0.5, 0.6) is 5.75 Å². The van der Waals surface area contributed by atoms with E-state index in [1.165, 1.54) is 30.6 Å². The van der Waals surface area contributed by atoms with Crippen molar-refractivity contribution in [2.75, 3.05) is 29.9 Å². The average Bonchev–Trinajstić information content (AvgIpc) is 3.06. The van der Waals surface area contributed by atoms with Gasteiger partial charge in [-0.05, 0) is 57.7 Å². The van der Waals surface area contributed by atoms with Crippen LogP contribution in [0.1, 0.15) is 47.2 Å². The summed E-state index contributed by atoms with van der Waals surface area (Å²) >= 11 is 1.43. The smallest absolute Gasteiger partial charge is 0.266 e. The molecular weight excluding hydrogens is 384 g/mol. The number of carbonyl (C=O) groups excluding carboxylic acids is 1. The van der Waals surface area contributed by atoms with Crippen LogP contribution in [0.25, 0.3) is 10.2 Å². The van der Waals surface area contributed by atoms with Gasteiger partial charge in [-0.15, -0.1) is 11.3 Å². The molecule has 152 valence electrons. The maximum Gasteiger partial charge on any atom is 0.266 e. The van der Waals surface area contributed by atoms with E-state index in [1.807, 2.05) is 45.0 Å². The van der Waals surface area contributed by atoms with Crippen LogP contribution in [0, 0.1) is 13.8 Å². The Balaban J connectivity index is 1.71. The first-order valence-electron chi connectivity index (χ1n) is 10.1. The summed E-state index contributed by atoms with van der Waals surface area (Å²) in [6.45, 7) is 8.39. The van der Waals surface area contributed by atoms with Gasteiger partial charge in [-0.2, -0.15) is 0 Å². The van der Waals surface area contributed by atoms with Crippen LogP contribution in [0.2, 0.25) is 0 Å². The Morgan fingerprint density at radius 1 is 1.17 bits per heavy atom. The number of carbonyl (C=O) groups is 1. The van der Waals surface area contributed by atoms with Gasteiger partial charge in [-0.3, -0.25) is 4.79 Å². The van der Waals surface area contributed by atoms with Gasteiger partial charge in [-0.1, -0.05) is 12.1 Å². The number of ether oxygens (including phenoxy) is 1. The zero-order chi connectivity index (χ0) is 20.4. The van der Waals surface area contributed by atoms with Crippen LogP contribution < -0.4 is 15.0 Å². The Bertz CT molecular complexity index is 1040. The fourth-order valence-electron chi connectivity index (χ4n) is 3.80. The van der Waals surface area contributed by atoms with Crippen molar-refractivity contribution in [2.24, 2.45) is 0 Å². The topological polar surface area (TPSA) is 67.3 Å². The van der Waals surface area contributed by atoms with Gasteiger partial charge in [0.2, 0.25) is 0 Å². The van der Waals surface area contributed by atoms with Crippen molar-refractivity contribution in [1.82, 2.24) is 9.97 Å². The summed E-state index contributed by atoms with van der Waals surface area (Å²) in [4.78, 5) is 26.4. The maximum absolute atomic E-state index is 13.1. The molecule has 1 N–H and O–H groups in total. The number of hydrogen-bond donors (Lipinski definition) is 1. The molecule has 0 saturated carbocycles. The molecule has 2 aromatic heterocycles. The van der Waals surface area contributed by atoms with Crippen molar-refractivity contribution in [3.63, 3.8) is 0 Å². The van der Waals surface area contributed by atoms with Gasteiger partial charge in [0.1, 0.15) is 22.2 Å². The van der Waals surface area contributed by atoms with Gasteiger partial charge in [0, 0.05) is 13.1 Å². The van der Waals surface area contributed by atoms with Crippen molar-refractivity contribution in [3.05, 3.63) is 40.5 Å². The molecule has 0 bridgehead atoms. The zero-order valence-corrected chi connectivity index (χ0v) is 17.9. The minimum atomic E-state index is -0.139. The summed E-state index contributed by atoms with van der Waals surface area (Å²) < 4.78 is 5.64. The molecule has 1 aromatic carbocycles. The Morgan fingerprint density at radius 2 is 1.93 bits per heavy atom. The van der Waals surface area contributed by atoms with E-state index in [0.29, 0.717) is 22.9 Å². The largest absolute Gasteiger partial charge is 0.492 e. The number of nitrogens with one attached hydrogen (secondary N) is 1. The van der Waals surface area contributed by atoms with E-state index in [4.69, 9.17) is 9.72 Å². The molecule has 6 nitrogen and oxygen atoms in total. The van der Waals surface area contributed by atoms with Crippen LogP contribution in [0.15, 0.2) is 24.3 Å². The van der Waals surface area contributed by atoms with Crippen LogP contribution in [-0.4, -0.2) is 35.6 Å². The second-order valence-corrected chi connectivity index (χ2v) is 8.26. The van der Waals surface area contributed by atoms with Gasteiger partial charge in [0.25, 0.3) is 5.91 Å². The molecule has 4 rings (SSSR count). The molecule has 7 heteroatoms. The molecule has 29 heavy (non-hydrogen) atoms. The lowest BCUT2D eigenvalue weighted by Crippen LogP contribution is -2.30. The van der Waals surface area contributed by atoms with E-state index in [0.717, 1.165) is 40.5 Å². The lowest BCUT2D eigenvalue weighted by atomic mass is 10.1. The fraction of sp³-hybridized carbons (Fsp3) is 0.409. The molecule has 0 atom stereocenters. The summed E-state index contributed by atoms with van der Waals surface area (Å²) in [5.41, 5.74) is 1.62. The Kier molecular flexibility index (Phi) is 5.67. The molecule has 0 unspecified atom stereocenters. The van der Waals surface area contributed by atoms with Crippen molar-refractivity contribution < 1.29 is 9.53 Å². The first kappa shape index (κ1) is 19.6. The highest BCUT2D eigenvalue weighted by atomic mass is 32.1. The van der Waals surface area contributed by atoms with E-state index < -0.39 is 0 Å². The minimum absolute atomic E-state index is 0.139. The zero-order valence-electron chi connectivity index (χ0n) is 17.1. The lowest BCUT2D eigenvalue weighted by Gasteiger charge is -2.28. The number of fused-ring (bicyclic) bond motifs is 1. The standard InChI is InChI=1S/C22H26N4O2S/c1-4-28-17-11-7-6-10-16(17)25-21(27)19-14(2)18-20(26-12-8-5-9-13-26)23-15(3)24-22(18)29-19/h6-7,10-11H,4-5,8-9,12-13H2,1-3H3,(H,25,27). The molecule has 1 aliphatic rings. The minimum Gasteiger partial charge on any atom is -0.492 e. The number of benzene rings is 1. The normalized spacial score (nSPS) is 14.2. The highest BCUT2D eigenvalue weighted by Gasteiger charge is 2.24. The summed E-state index contributed by atoms with van der Waals surface area (Å²) in [7, 11) is 0. The molecule has 0 spiro atoms. The molecule has 0 aliphatic carbocycles. The van der Waals surface area contributed by atoms with Gasteiger partial charge in [0.05, 0.1) is 22.6 Å². The number of nitrogens with zero attached hydrogens (tertiary/aromatic N) is 3. The molecule has 1 amide bonds. The first-order chi connectivity index (χ1) is 14.1. The molecule has 1 fully saturated rings. The molecular formula is C22H26N4O2S. The third-order valence-electron chi connectivity index (χ3n) is 5.18. The van der Waals surface area contributed by atoms with Crippen molar-refractivity contribution in [3.8, 4) is 5.75 Å². The second kappa shape index (κ2) is 8.37. The second-order valence-electron chi connectivity index (χ2n) is 7.26. The average molecular weight is 411 g/mol. The highest BCUT2D eigenvalue weighted by Crippen LogP contribution is 2.37. The molecule has 1 aliphatic heterocycles. The lowest BCUT2D eigenvalue weighted by molar-refractivity contribution is 0.102. The maximum atomic E-state index is 13.1. The third kappa shape index (κ3) is 3.92. The van der Waals surface area contributed by atoms with Crippen LogP contribution >= 0.6 is 11.3 Å². The third-order valence-corrected chi connectivity index (χ3v) is 6.36. The van der Waals surface area contributed by atoms with Gasteiger partial charge < -0.3 is 15.0 Å². The number of anilines is 2. The van der Waals surface area contributed by atoms with Crippen molar-refractivity contribution in [1.29, 1.82) is 0 Å². The number of piperidine rings is 1. The number of aryl methyl sites for hydroxylation is 2. The number of rotatable bonds is 5. The van der Waals surface area contributed by atoms with Crippen LogP contribution in [0.3, 0.4) is 0 Å². The molecule has 3 aromatic rings. The number of amides is 1. The Hall–Kier alpha value is -2.67. The predicted molar refractivity (Wildman–Crippen MR) is 119 cm³/mol. The van der Waals surface area contributed by atoms with E-state index in [9.17, 15) is 4.79 Å². The number of thiophene rings is 1. The molecule has 1 saturated heterocycles. The monoisotopic (exact) mass is 410 g/mol. The van der Waals surface area contributed by atoms with Gasteiger partial charge in [-0.25, -0.2) is 9.97 Å². The number of para-hydroxylation sites is 2. The summed E-state index contributed by atoms with van der Waals surface area (Å²) in [5.74, 6) is 2.24. The molecule has 0 radical (unpaired) electrons. The van der Waals surface area contributed by atoms with Gasteiger partial charge in [0.15, 0.2) is 0 Å². The van der Waals surface area contributed by atoms with Crippen molar-refractivity contribution >= 4 is 39.0 Å². The Labute approximate surface area is 174 Å². The van der Waals surface area contributed by atoms with E-state index in [2.05, 4.69) is 15.2 Å². The van der Waals surface area contributed by atoms with E-state index >= 15 is 0 Å². The van der Waals surface area contributed by atoms with Gasteiger partial charge >= 0.3 is 0 Å². The van der Waals surface area contributed by atoms with E-state index in [-0.39, 0.29) is 5.91 Å². The summed E-state index contributed by atoms with van der Waals surface area (Å²) in [6, 6.07) is 7.50. The summed E-state index contributed by atoms with van der Waals surface area (Å²) in [5, 5.41) is 4.02. The Morgan fingerprint density at radius 3 is 2.69 bits per heavy atom. The molecule has 3 heterocycles. The van der Waals surface area contributed by atoms with Crippen LogP contribution in [-0.2, 0) is 0 Å². The number of hydrogen-bond acceptors (Lipinski definition) is 6.